The topological polar surface area (TPSA) is 74.7 Å². The van der Waals surface area contributed by atoms with Crippen LogP contribution < -0.4 is 0 Å². The molecule has 0 spiro atoms. The SMILES string of the molecule is CCS(=O)(=O)CCN1CCC(C)CC1C(=O)O. The normalized spacial score (nSPS) is 26.9. The molecule has 5 nitrogen and oxygen atoms in total. The molecular formula is C11H21NO4S. The highest BCUT2D eigenvalue weighted by Crippen LogP contribution is 2.22. The first kappa shape index (κ1) is 14.4. The monoisotopic (exact) mass is 263 g/mol. The molecule has 1 aliphatic heterocycles. The molecule has 2 atom stereocenters. The zero-order valence-electron chi connectivity index (χ0n) is 10.4. The third kappa shape index (κ3) is 4.27. The summed E-state index contributed by atoms with van der Waals surface area (Å²) in [7, 11) is -3.02. The second-order valence-electron chi connectivity index (χ2n) is 4.76. The molecule has 1 heterocycles. The Bertz CT molecular complexity index is 366. The van der Waals surface area contributed by atoms with Gasteiger partial charge in [0.2, 0.25) is 0 Å². The van der Waals surface area contributed by atoms with Gasteiger partial charge in [0, 0.05) is 12.3 Å². The highest BCUT2D eigenvalue weighted by Gasteiger charge is 2.31. The lowest BCUT2D eigenvalue weighted by molar-refractivity contribution is -0.145. The van der Waals surface area contributed by atoms with Crippen molar-refractivity contribution in [2.45, 2.75) is 32.7 Å². The molecule has 17 heavy (non-hydrogen) atoms. The van der Waals surface area contributed by atoms with Crippen LogP contribution in [0.5, 0.6) is 0 Å². The number of aliphatic carboxylic acids is 1. The summed E-state index contributed by atoms with van der Waals surface area (Å²) in [6.45, 7) is 4.66. The maximum Gasteiger partial charge on any atom is 0.320 e. The van der Waals surface area contributed by atoms with Crippen LogP contribution in [0.3, 0.4) is 0 Å². The molecule has 6 heteroatoms. The minimum absolute atomic E-state index is 0.0572. The Labute approximate surface area is 103 Å². The van der Waals surface area contributed by atoms with Gasteiger partial charge in [0.05, 0.1) is 5.75 Å². The molecule has 0 saturated carbocycles. The van der Waals surface area contributed by atoms with Gasteiger partial charge >= 0.3 is 5.97 Å². The minimum atomic E-state index is -3.02. The summed E-state index contributed by atoms with van der Waals surface area (Å²) in [6, 6.07) is -0.522. The first-order valence-electron chi connectivity index (χ1n) is 6.03. The molecule has 0 bridgehead atoms. The summed E-state index contributed by atoms with van der Waals surface area (Å²) in [5.74, 6) is -0.267. The van der Waals surface area contributed by atoms with E-state index in [-0.39, 0.29) is 11.5 Å². The highest BCUT2D eigenvalue weighted by molar-refractivity contribution is 7.91. The quantitative estimate of drug-likeness (QED) is 0.786. The van der Waals surface area contributed by atoms with Crippen LogP contribution in [0.1, 0.15) is 26.7 Å². The van der Waals surface area contributed by atoms with Gasteiger partial charge in [-0.1, -0.05) is 13.8 Å². The second-order valence-corrected chi connectivity index (χ2v) is 7.23. The van der Waals surface area contributed by atoms with Crippen LogP contribution in [-0.4, -0.2) is 55.0 Å². The molecule has 1 N–H and O–H groups in total. The largest absolute Gasteiger partial charge is 0.480 e. The second kappa shape index (κ2) is 5.82. The van der Waals surface area contributed by atoms with Crippen LogP contribution in [-0.2, 0) is 14.6 Å². The molecule has 0 radical (unpaired) electrons. The van der Waals surface area contributed by atoms with Crippen molar-refractivity contribution in [1.29, 1.82) is 0 Å². The number of hydrogen-bond acceptors (Lipinski definition) is 4. The smallest absolute Gasteiger partial charge is 0.320 e. The Hall–Kier alpha value is -0.620. The van der Waals surface area contributed by atoms with Gasteiger partial charge in [-0.25, -0.2) is 8.42 Å². The zero-order valence-corrected chi connectivity index (χ0v) is 11.2. The summed E-state index contributed by atoms with van der Waals surface area (Å²) < 4.78 is 22.8. The Morgan fingerprint density at radius 2 is 2.12 bits per heavy atom. The molecule has 0 aliphatic carbocycles. The van der Waals surface area contributed by atoms with Crippen molar-refractivity contribution in [1.82, 2.24) is 4.90 Å². The fourth-order valence-corrected chi connectivity index (χ4v) is 2.92. The predicted octanol–water partition coefficient (Wildman–Crippen LogP) is 0.606. The van der Waals surface area contributed by atoms with E-state index in [0.29, 0.717) is 25.4 Å². The standard InChI is InChI=1S/C11H21NO4S/c1-3-17(15,16)7-6-12-5-4-9(2)8-10(12)11(13)14/h9-10H,3-8H2,1-2H3,(H,13,14). The summed E-state index contributed by atoms with van der Waals surface area (Å²) in [6.07, 6.45) is 1.55. The van der Waals surface area contributed by atoms with Crippen molar-refractivity contribution >= 4 is 15.8 Å². The number of nitrogens with zero attached hydrogens (tertiary/aromatic N) is 1. The van der Waals surface area contributed by atoms with E-state index in [4.69, 9.17) is 5.11 Å². The lowest BCUT2D eigenvalue weighted by atomic mass is 9.92. The molecule has 2 unspecified atom stereocenters. The first-order chi connectivity index (χ1) is 7.85. The number of carboxylic acids is 1. The number of likely N-dealkylation sites (tertiary alicyclic amines) is 1. The van der Waals surface area contributed by atoms with Gasteiger partial charge in [0.15, 0.2) is 9.84 Å². The van der Waals surface area contributed by atoms with Crippen LogP contribution in [0.15, 0.2) is 0 Å². The van der Waals surface area contributed by atoms with Crippen molar-refractivity contribution in [2.24, 2.45) is 5.92 Å². The van der Waals surface area contributed by atoms with Crippen molar-refractivity contribution in [3.05, 3.63) is 0 Å². The molecule has 0 aromatic carbocycles. The number of piperidine rings is 1. The first-order valence-corrected chi connectivity index (χ1v) is 7.85. The van der Waals surface area contributed by atoms with E-state index in [9.17, 15) is 13.2 Å². The van der Waals surface area contributed by atoms with E-state index < -0.39 is 21.8 Å². The number of sulfone groups is 1. The van der Waals surface area contributed by atoms with Gasteiger partial charge in [-0.3, -0.25) is 9.69 Å². The maximum absolute atomic E-state index is 11.4. The van der Waals surface area contributed by atoms with Crippen LogP contribution in [0, 0.1) is 5.92 Å². The van der Waals surface area contributed by atoms with Crippen molar-refractivity contribution < 1.29 is 18.3 Å². The highest BCUT2D eigenvalue weighted by atomic mass is 32.2. The third-order valence-electron chi connectivity index (χ3n) is 3.39. The molecule has 0 aromatic heterocycles. The van der Waals surface area contributed by atoms with Gasteiger partial charge in [-0.15, -0.1) is 0 Å². The zero-order chi connectivity index (χ0) is 13.1. The van der Waals surface area contributed by atoms with E-state index >= 15 is 0 Å². The van der Waals surface area contributed by atoms with Crippen molar-refractivity contribution in [2.75, 3.05) is 24.6 Å². The Kier molecular flexibility index (Phi) is 4.94. The predicted molar refractivity (Wildman–Crippen MR) is 65.7 cm³/mol. The van der Waals surface area contributed by atoms with E-state index in [2.05, 4.69) is 0 Å². The Balaban J connectivity index is 2.59. The van der Waals surface area contributed by atoms with E-state index in [0.717, 1.165) is 6.42 Å². The van der Waals surface area contributed by atoms with Crippen molar-refractivity contribution in [3.63, 3.8) is 0 Å². The number of rotatable bonds is 5. The molecule has 1 aliphatic rings. The Morgan fingerprint density at radius 3 is 2.65 bits per heavy atom. The van der Waals surface area contributed by atoms with Gasteiger partial charge in [0.1, 0.15) is 6.04 Å². The van der Waals surface area contributed by atoms with Crippen molar-refractivity contribution in [3.8, 4) is 0 Å². The van der Waals surface area contributed by atoms with Crippen LogP contribution in [0.25, 0.3) is 0 Å². The van der Waals surface area contributed by atoms with Gasteiger partial charge in [0.25, 0.3) is 0 Å². The number of hydrogen-bond donors (Lipinski definition) is 1. The third-order valence-corrected chi connectivity index (χ3v) is 5.07. The Morgan fingerprint density at radius 1 is 1.47 bits per heavy atom. The lowest BCUT2D eigenvalue weighted by Crippen LogP contribution is -2.48. The van der Waals surface area contributed by atoms with Gasteiger partial charge in [-0.2, -0.15) is 0 Å². The van der Waals surface area contributed by atoms with E-state index in [1.165, 1.54) is 0 Å². The maximum atomic E-state index is 11.4. The van der Waals surface area contributed by atoms with Gasteiger partial charge < -0.3 is 5.11 Å². The fourth-order valence-electron chi connectivity index (χ4n) is 2.12. The van der Waals surface area contributed by atoms with E-state index in [1.54, 1.807) is 11.8 Å². The van der Waals surface area contributed by atoms with Crippen LogP contribution in [0.4, 0.5) is 0 Å². The molecule has 0 aromatic rings. The minimum Gasteiger partial charge on any atom is -0.480 e. The molecule has 1 fully saturated rings. The number of carbonyl (C=O) groups is 1. The molecular weight excluding hydrogens is 242 g/mol. The van der Waals surface area contributed by atoms with Gasteiger partial charge in [-0.05, 0) is 25.3 Å². The average molecular weight is 263 g/mol. The summed E-state index contributed by atoms with van der Waals surface area (Å²) in [5, 5.41) is 9.12. The summed E-state index contributed by atoms with van der Waals surface area (Å²) in [4.78, 5) is 12.9. The number of carboxylic acid groups (broad SMARTS) is 1. The molecule has 0 amide bonds. The average Bonchev–Trinajstić information content (AvgIpc) is 2.27. The fraction of sp³-hybridized carbons (Fsp3) is 0.909. The van der Waals surface area contributed by atoms with Crippen LogP contribution in [0.2, 0.25) is 0 Å². The molecule has 1 rings (SSSR count). The molecule has 1 saturated heterocycles. The summed E-state index contributed by atoms with van der Waals surface area (Å²) in [5.41, 5.74) is 0. The summed E-state index contributed by atoms with van der Waals surface area (Å²) >= 11 is 0. The van der Waals surface area contributed by atoms with E-state index in [1.807, 2.05) is 6.92 Å². The lowest BCUT2D eigenvalue weighted by Gasteiger charge is -2.35. The molecule has 100 valence electrons. The van der Waals surface area contributed by atoms with Crippen LogP contribution >= 0.6 is 0 Å².